The van der Waals surface area contributed by atoms with E-state index in [0.29, 0.717) is 16.1 Å². The summed E-state index contributed by atoms with van der Waals surface area (Å²) in [5, 5.41) is 15.3. The summed E-state index contributed by atoms with van der Waals surface area (Å²) in [6, 6.07) is 8.89. The quantitative estimate of drug-likeness (QED) is 0.853. The van der Waals surface area contributed by atoms with Crippen molar-refractivity contribution in [2.75, 3.05) is 5.32 Å². The lowest BCUT2D eigenvalue weighted by atomic mass is 9.88. The van der Waals surface area contributed by atoms with Crippen LogP contribution in [-0.4, -0.2) is 16.8 Å². The highest BCUT2D eigenvalue weighted by atomic mass is 32.1. The number of carbonyl (C=O) groups is 2. The summed E-state index contributed by atoms with van der Waals surface area (Å²) in [6.45, 7) is 1.98. The smallest absolute Gasteiger partial charge is 0.261 e. The maximum atomic E-state index is 12.2. The topological polar surface area (TPSA) is 66.4 Å². The molecule has 0 saturated carbocycles. The van der Waals surface area contributed by atoms with Gasteiger partial charge in [0.1, 0.15) is 0 Å². The zero-order chi connectivity index (χ0) is 15.0. The molecule has 3 rings (SSSR count). The third kappa shape index (κ3) is 2.18. The summed E-state index contributed by atoms with van der Waals surface area (Å²) in [6.07, 6.45) is 0.512. The number of aryl methyl sites for hydroxylation is 1. The second-order valence-electron chi connectivity index (χ2n) is 5.08. The van der Waals surface area contributed by atoms with Crippen LogP contribution >= 0.6 is 11.3 Å². The van der Waals surface area contributed by atoms with Crippen LogP contribution in [0, 0.1) is 0 Å². The number of hydrogen-bond donors (Lipinski definition) is 2. The van der Waals surface area contributed by atoms with Gasteiger partial charge in [-0.15, -0.1) is 11.3 Å². The summed E-state index contributed by atoms with van der Waals surface area (Å²) in [5.41, 5.74) is 0.324. The second-order valence-corrected chi connectivity index (χ2v) is 6.03. The van der Waals surface area contributed by atoms with Gasteiger partial charge < -0.3 is 10.4 Å². The van der Waals surface area contributed by atoms with E-state index in [1.54, 1.807) is 29.6 Å². The van der Waals surface area contributed by atoms with Crippen molar-refractivity contribution in [3.63, 3.8) is 0 Å². The Balaban J connectivity index is 1.99. The van der Waals surface area contributed by atoms with Crippen molar-refractivity contribution in [1.82, 2.24) is 0 Å². The number of para-hydroxylation sites is 1. The molecular formula is C16H15NO3S. The van der Waals surface area contributed by atoms with Gasteiger partial charge in [0.15, 0.2) is 11.4 Å². The Morgan fingerprint density at radius 1 is 1.33 bits per heavy atom. The van der Waals surface area contributed by atoms with Crippen LogP contribution in [0.4, 0.5) is 5.69 Å². The minimum atomic E-state index is -1.78. The van der Waals surface area contributed by atoms with Crippen LogP contribution in [0.1, 0.15) is 34.1 Å². The van der Waals surface area contributed by atoms with Crippen LogP contribution < -0.4 is 5.32 Å². The fourth-order valence-electron chi connectivity index (χ4n) is 2.66. The Hall–Kier alpha value is -1.98. The molecule has 1 amide bonds. The van der Waals surface area contributed by atoms with Gasteiger partial charge in [-0.05, 0) is 23.4 Å². The molecule has 21 heavy (non-hydrogen) atoms. The van der Waals surface area contributed by atoms with Crippen molar-refractivity contribution in [2.45, 2.75) is 25.4 Å². The van der Waals surface area contributed by atoms with Crippen LogP contribution in [0.2, 0.25) is 0 Å². The highest BCUT2D eigenvalue weighted by Gasteiger charge is 2.47. The maximum absolute atomic E-state index is 12.2. The first kappa shape index (κ1) is 14.0. The minimum absolute atomic E-state index is 0.225. The second kappa shape index (κ2) is 5.09. The van der Waals surface area contributed by atoms with E-state index in [2.05, 4.69) is 5.32 Å². The molecule has 1 aromatic carbocycles. The molecule has 1 aliphatic heterocycles. The lowest BCUT2D eigenvalue weighted by Crippen LogP contribution is -2.36. The number of hydrogen-bond acceptors (Lipinski definition) is 4. The molecule has 0 unspecified atom stereocenters. The van der Waals surface area contributed by atoms with Gasteiger partial charge in [0.25, 0.3) is 5.91 Å². The number of ketones is 1. The van der Waals surface area contributed by atoms with Crippen LogP contribution in [0.5, 0.6) is 0 Å². The lowest BCUT2D eigenvalue weighted by molar-refractivity contribution is -0.133. The van der Waals surface area contributed by atoms with Gasteiger partial charge in [-0.3, -0.25) is 9.59 Å². The molecular weight excluding hydrogens is 286 g/mol. The molecule has 1 atom stereocenters. The minimum Gasteiger partial charge on any atom is -0.375 e. The van der Waals surface area contributed by atoms with Gasteiger partial charge in [-0.25, -0.2) is 0 Å². The van der Waals surface area contributed by atoms with Gasteiger partial charge in [0, 0.05) is 5.56 Å². The number of amides is 1. The first-order chi connectivity index (χ1) is 10.1. The monoisotopic (exact) mass is 301 g/mol. The summed E-state index contributed by atoms with van der Waals surface area (Å²) in [4.78, 5) is 25.0. The summed E-state index contributed by atoms with van der Waals surface area (Å²) >= 11 is 1.31. The Morgan fingerprint density at radius 2 is 2.14 bits per heavy atom. The van der Waals surface area contributed by atoms with E-state index >= 15 is 0 Å². The zero-order valence-electron chi connectivity index (χ0n) is 11.6. The number of carbonyl (C=O) groups excluding carboxylic acids is 2. The van der Waals surface area contributed by atoms with E-state index in [0.717, 1.165) is 12.0 Å². The highest BCUT2D eigenvalue weighted by Crippen LogP contribution is 2.41. The van der Waals surface area contributed by atoms with Crippen molar-refractivity contribution in [3.05, 3.63) is 51.7 Å². The Bertz CT molecular complexity index is 708. The van der Waals surface area contributed by atoms with Crippen molar-refractivity contribution in [2.24, 2.45) is 0 Å². The van der Waals surface area contributed by atoms with E-state index < -0.39 is 11.5 Å². The first-order valence-corrected chi connectivity index (χ1v) is 7.67. The normalized spacial score (nSPS) is 20.2. The SMILES string of the molecule is CCc1cccc2c1NC(=O)[C@@]2(O)CC(=O)c1cccs1. The lowest BCUT2D eigenvalue weighted by Gasteiger charge is -2.19. The number of thiophene rings is 1. The standard InChI is InChI=1S/C16H15NO3S/c1-2-10-5-3-6-11-14(10)17-15(19)16(11,20)9-12(18)13-7-4-8-21-13/h3-8,20H,2,9H2,1H3,(H,17,19)/t16-/m1/s1. The van der Waals surface area contributed by atoms with Crippen molar-refractivity contribution >= 4 is 28.7 Å². The number of benzene rings is 1. The first-order valence-electron chi connectivity index (χ1n) is 6.79. The molecule has 0 saturated heterocycles. The average Bonchev–Trinajstić information content (AvgIpc) is 3.08. The predicted molar refractivity (Wildman–Crippen MR) is 81.6 cm³/mol. The summed E-state index contributed by atoms with van der Waals surface area (Å²) in [7, 11) is 0. The number of anilines is 1. The highest BCUT2D eigenvalue weighted by molar-refractivity contribution is 7.12. The molecule has 2 heterocycles. The Kier molecular flexibility index (Phi) is 3.39. The van der Waals surface area contributed by atoms with E-state index in [4.69, 9.17) is 0 Å². The number of nitrogens with one attached hydrogen (secondary N) is 1. The van der Waals surface area contributed by atoms with Gasteiger partial charge in [0.05, 0.1) is 17.0 Å². The third-order valence-electron chi connectivity index (χ3n) is 3.80. The van der Waals surface area contributed by atoms with E-state index in [9.17, 15) is 14.7 Å². The molecule has 2 aromatic rings. The van der Waals surface area contributed by atoms with Crippen molar-refractivity contribution in [3.8, 4) is 0 Å². The van der Waals surface area contributed by atoms with Gasteiger partial charge in [0.2, 0.25) is 0 Å². The van der Waals surface area contributed by atoms with Gasteiger partial charge in [-0.1, -0.05) is 31.2 Å². The molecule has 4 nitrogen and oxygen atoms in total. The molecule has 1 aliphatic rings. The van der Waals surface area contributed by atoms with Gasteiger partial charge >= 0.3 is 0 Å². The van der Waals surface area contributed by atoms with Crippen LogP contribution in [0.3, 0.4) is 0 Å². The van der Waals surface area contributed by atoms with Crippen LogP contribution in [0.25, 0.3) is 0 Å². The van der Waals surface area contributed by atoms with E-state index in [1.165, 1.54) is 11.3 Å². The molecule has 0 bridgehead atoms. The summed E-state index contributed by atoms with van der Waals surface area (Å²) in [5.74, 6) is -0.749. The van der Waals surface area contributed by atoms with E-state index in [1.807, 2.05) is 13.0 Å². The number of rotatable bonds is 4. The molecule has 108 valence electrons. The zero-order valence-corrected chi connectivity index (χ0v) is 12.4. The molecule has 0 radical (unpaired) electrons. The fourth-order valence-corrected chi connectivity index (χ4v) is 3.32. The molecule has 0 aliphatic carbocycles. The average molecular weight is 301 g/mol. The Morgan fingerprint density at radius 3 is 2.81 bits per heavy atom. The molecule has 5 heteroatoms. The number of aliphatic hydroxyl groups is 1. The molecule has 2 N–H and O–H groups in total. The molecule has 1 aromatic heterocycles. The van der Waals surface area contributed by atoms with Crippen molar-refractivity contribution < 1.29 is 14.7 Å². The largest absolute Gasteiger partial charge is 0.375 e. The van der Waals surface area contributed by atoms with Crippen molar-refractivity contribution in [1.29, 1.82) is 0 Å². The maximum Gasteiger partial charge on any atom is 0.261 e. The fraction of sp³-hybridized carbons (Fsp3) is 0.250. The van der Waals surface area contributed by atoms with Gasteiger partial charge in [-0.2, -0.15) is 0 Å². The van der Waals surface area contributed by atoms with Crippen LogP contribution in [0.15, 0.2) is 35.7 Å². The summed E-state index contributed by atoms with van der Waals surface area (Å²) < 4.78 is 0. The Labute approximate surface area is 126 Å². The molecule has 0 fully saturated rings. The molecule has 0 spiro atoms. The predicted octanol–water partition coefficient (Wildman–Crippen LogP) is 2.72. The third-order valence-corrected chi connectivity index (χ3v) is 4.71. The van der Waals surface area contributed by atoms with E-state index in [-0.39, 0.29) is 12.2 Å². The number of Topliss-reactive ketones (excluding diaryl/α,β-unsaturated/α-hetero) is 1. The van der Waals surface area contributed by atoms with Crippen LogP contribution in [-0.2, 0) is 16.8 Å². The number of fused-ring (bicyclic) bond motifs is 1.